The second kappa shape index (κ2) is 4.50. The molecule has 1 N–H and O–H groups in total. The molecule has 2 heterocycles. The largest absolute Gasteiger partial charge is 0.478 e. The molecule has 5 nitrogen and oxygen atoms in total. The molecule has 0 aromatic heterocycles. The number of fused-ring (bicyclic) bond motifs is 1. The van der Waals surface area contributed by atoms with Crippen LogP contribution in [0, 0.1) is 0 Å². The molecular formula is C13H13F2NO4. The molecule has 0 radical (unpaired) electrons. The number of carboxylic acids is 1. The maximum Gasteiger partial charge on any atom is 0.335 e. The van der Waals surface area contributed by atoms with Gasteiger partial charge in [-0.1, -0.05) is 0 Å². The number of benzene rings is 1. The number of rotatable bonds is 2. The number of hydrogen-bond donors (Lipinski definition) is 1. The fraction of sp³-hybridized carbons (Fsp3) is 0.462. The summed E-state index contributed by atoms with van der Waals surface area (Å²) in [6.07, 6.45) is -0.500. The minimum absolute atomic E-state index is 0.00933. The first-order valence-electron chi connectivity index (χ1n) is 6.26. The number of anilines is 1. The van der Waals surface area contributed by atoms with E-state index in [1.54, 1.807) is 4.90 Å². The van der Waals surface area contributed by atoms with Gasteiger partial charge in [-0.15, -0.1) is 0 Å². The van der Waals surface area contributed by atoms with E-state index in [9.17, 15) is 13.6 Å². The second-order valence-corrected chi connectivity index (χ2v) is 4.88. The zero-order chi connectivity index (χ0) is 14.3. The van der Waals surface area contributed by atoms with Gasteiger partial charge in [-0.2, -0.15) is 0 Å². The molecule has 2 aliphatic heterocycles. The van der Waals surface area contributed by atoms with Gasteiger partial charge in [0.05, 0.1) is 11.3 Å². The third-order valence-electron chi connectivity index (χ3n) is 3.54. The molecule has 0 amide bonds. The highest BCUT2D eigenvalue weighted by Gasteiger charge is 2.36. The summed E-state index contributed by atoms with van der Waals surface area (Å²) in [5.41, 5.74) is 0.564. The molecule has 0 bridgehead atoms. The topological polar surface area (TPSA) is 59.0 Å². The van der Waals surface area contributed by atoms with Crippen LogP contribution in [-0.2, 0) is 0 Å². The van der Waals surface area contributed by atoms with Crippen LogP contribution < -0.4 is 14.4 Å². The molecule has 0 aliphatic carbocycles. The van der Waals surface area contributed by atoms with Gasteiger partial charge in [-0.05, 0) is 12.1 Å². The molecule has 7 heteroatoms. The summed E-state index contributed by atoms with van der Waals surface area (Å²) in [7, 11) is 0. The Hall–Kier alpha value is -2.05. The molecule has 0 saturated carbocycles. The Balaban J connectivity index is 1.95. The van der Waals surface area contributed by atoms with E-state index in [1.807, 2.05) is 0 Å². The van der Waals surface area contributed by atoms with Crippen LogP contribution in [0.25, 0.3) is 0 Å². The first-order valence-corrected chi connectivity index (χ1v) is 6.26. The summed E-state index contributed by atoms with van der Waals surface area (Å²) < 4.78 is 36.9. The van der Waals surface area contributed by atoms with Crippen LogP contribution in [-0.4, -0.2) is 36.9 Å². The quantitative estimate of drug-likeness (QED) is 0.904. The van der Waals surface area contributed by atoms with Gasteiger partial charge in [-0.3, -0.25) is 0 Å². The van der Waals surface area contributed by atoms with Gasteiger partial charge in [0.25, 0.3) is 5.92 Å². The molecular weight excluding hydrogens is 272 g/mol. The number of aromatic carboxylic acids is 1. The fourth-order valence-corrected chi connectivity index (χ4v) is 2.42. The molecule has 1 saturated heterocycles. The van der Waals surface area contributed by atoms with Crippen LogP contribution in [0.2, 0.25) is 0 Å². The first-order chi connectivity index (χ1) is 9.46. The summed E-state index contributed by atoms with van der Waals surface area (Å²) in [5.74, 6) is -2.97. The second-order valence-electron chi connectivity index (χ2n) is 4.88. The number of halogens is 2. The highest BCUT2D eigenvalue weighted by molar-refractivity contribution is 5.91. The van der Waals surface area contributed by atoms with E-state index in [4.69, 9.17) is 14.6 Å². The molecule has 0 unspecified atom stereocenters. The predicted molar refractivity (Wildman–Crippen MR) is 65.9 cm³/mol. The maximum atomic E-state index is 13.2. The molecule has 2 aliphatic rings. The summed E-state index contributed by atoms with van der Waals surface area (Å²) in [5, 5.41) is 9.09. The third-order valence-corrected chi connectivity index (χ3v) is 3.54. The Bertz CT molecular complexity index is 552. The lowest BCUT2D eigenvalue weighted by Crippen LogP contribution is -2.39. The number of alkyl halides is 2. The van der Waals surface area contributed by atoms with E-state index in [0.717, 1.165) is 0 Å². The van der Waals surface area contributed by atoms with Crippen LogP contribution in [0.3, 0.4) is 0 Å². The molecule has 1 aromatic rings. The normalized spacial score (nSPS) is 20.0. The van der Waals surface area contributed by atoms with E-state index >= 15 is 0 Å². The minimum Gasteiger partial charge on any atom is -0.478 e. The van der Waals surface area contributed by atoms with Crippen molar-refractivity contribution in [3.63, 3.8) is 0 Å². The Morgan fingerprint density at radius 1 is 1.25 bits per heavy atom. The zero-order valence-corrected chi connectivity index (χ0v) is 10.6. The zero-order valence-electron chi connectivity index (χ0n) is 10.6. The lowest BCUT2D eigenvalue weighted by Gasteiger charge is -2.33. The van der Waals surface area contributed by atoms with E-state index in [-0.39, 0.29) is 38.3 Å². The Kier molecular flexibility index (Phi) is 2.92. The number of ether oxygens (including phenoxy) is 2. The van der Waals surface area contributed by atoms with Gasteiger partial charge in [0.1, 0.15) is 0 Å². The van der Waals surface area contributed by atoms with Crippen molar-refractivity contribution in [3.05, 3.63) is 17.7 Å². The number of piperidine rings is 1. The summed E-state index contributed by atoms with van der Waals surface area (Å²) in [6.45, 7) is 0.327. The van der Waals surface area contributed by atoms with Crippen molar-refractivity contribution in [2.24, 2.45) is 0 Å². The SMILES string of the molecule is O=C(O)c1cc2c(c(N3CCC(F)(F)CC3)c1)OCO2. The van der Waals surface area contributed by atoms with Gasteiger partial charge < -0.3 is 19.5 Å². The van der Waals surface area contributed by atoms with Crippen LogP contribution in [0.5, 0.6) is 11.5 Å². The van der Waals surface area contributed by atoms with E-state index in [1.165, 1.54) is 12.1 Å². The van der Waals surface area contributed by atoms with Crippen LogP contribution in [0.1, 0.15) is 23.2 Å². The predicted octanol–water partition coefficient (Wildman–Crippen LogP) is 2.35. The van der Waals surface area contributed by atoms with Crippen molar-refractivity contribution in [2.45, 2.75) is 18.8 Å². The highest BCUT2D eigenvalue weighted by Crippen LogP contribution is 2.44. The molecule has 20 heavy (non-hydrogen) atoms. The van der Waals surface area contributed by atoms with Gasteiger partial charge in [0.15, 0.2) is 11.5 Å². The van der Waals surface area contributed by atoms with E-state index in [2.05, 4.69) is 0 Å². The molecule has 3 rings (SSSR count). The maximum absolute atomic E-state index is 13.2. The molecule has 1 aromatic carbocycles. The lowest BCUT2D eigenvalue weighted by molar-refractivity contribution is -0.0221. The number of hydrogen-bond acceptors (Lipinski definition) is 4. The number of nitrogens with zero attached hydrogens (tertiary/aromatic N) is 1. The Morgan fingerprint density at radius 3 is 2.60 bits per heavy atom. The smallest absolute Gasteiger partial charge is 0.335 e. The van der Waals surface area contributed by atoms with Crippen molar-refractivity contribution in [2.75, 3.05) is 24.8 Å². The molecule has 108 valence electrons. The van der Waals surface area contributed by atoms with Gasteiger partial charge in [-0.25, -0.2) is 13.6 Å². The number of carboxylic acid groups (broad SMARTS) is 1. The molecule has 0 spiro atoms. The van der Waals surface area contributed by atoms with Crippen LogP contribution in [0.15, 0.2) is 12.1 Å². The van der Waals surface area contributed by atoms with Crippen LogP contribution in [0.4, 0.5) is 14.5 Å². The lowest BCUT2D eigenvalue weighted by atomic mass is 10.0. The van der Waals surface area contributed by atoms with Gasteiger partial charge in [0.2, 0.25) is 6.79 Å². The van der Waals surface area contributed by atoms with Crippen molar-refractivity contribution in [1.29, 1.82) is 0 Å². The molecule has 0 atom stereocenters. The standard InChI is InChI=1S/C13H13F2NO4/c14-13(15)1-3-16(4-2-13)9-5-8(12(17)18)6-10-11(9)20-7-19-10/h5-6H,1-4,7H2,(H,17,18). The van der Waals surface area contributed by atoms with Gasteiger partial charge >= 0.3 is 5.97 Å². The first kappa shape index (κ1) is 13.0. The summed E-state index contributed by atoms with van der Waals surface area (Å²) in [4.78, 5) is 12.8. The molecule has 1 fully saturated rings. The average molecular weight is 285 g/mol. The summed E-state index contributed by atoms with van der Waals surface area (Å²) in [6, 6.07) is 2.83. The third kappa shape index (κ3) is 2.23. The minimum atomic E-state index is -2.65. The fourth-order valence-electron chi connectivity index (χ4n) is 2.42. The number of carbonyl (C=O) groups is 1. The van der Waals surface area contributed by atoms with Crippen molar-refractivity contribution < 1.29 is 28.2 Å². The van der Waals surface area contributed by atoms with E-state index in [0.29, 0.717) is 17.2 Å². The average Bonchev–Trinajstić information content (AvgIpc) is 2.85. The Labute approximate surface area is 113 Å². The summed E-state index contributed by atoms with van der Waals surface area (Å²) >= 11 is 0. The monoisotopic (exact) mass is 285 g/mol. The van der Waals surface area contributed by atoms with Crippen molar-refractivity contribution in [3.8, 4) is 11.5 Å². The van der Waals surface area contributed by atoms with E-state index < -0.39 is 11.9 Å². The highest BCUT2D eigenvalue weighted by atomic mass is 19.3. The van der Waals surface area contributed by atoms with Crippen LogP contribution >= 0.6 is 0 Å². The van der Waals surface area contributed by atoms with Crippen molar-refractivity contribution >= 4 is 11.7 Å². The Morgan fingerprint density at radius 2 is 1.95 bits per heavy atom. The van der Waals surface area contributed by atoms with Crippen molar-refractivity contribution in [1.82, 2.24) is 0 Å². The van der Waals surface area contributed by atoms with Gasteiger partial charge in [0, 0.05) is 25.9 Å².